The monoisotopic (exact) mass is 450 g/mol. The molecule has 2 aliphatic heterocycles. The van der Waals surface area contributed by atoms with Crippen molar-refractivity contribution in [2.24, 2.45) is 0 Å². The Labute approximate surface area is 191 Å². The number of nitrogens with zero attached hydrogens (tertiary/aromatic N) is 1. The summed E-state index contributed by atoms with van der Waals surface area (Å²) in [6.45, 7) is 3.21. The fourth-order valence-corrected chi connectivity index (χ4v) is 4.08. The Kier molecular flexibility index (Phi) is 6.28. The van der Waals surface area contributed by atoms with E-state index in [2.05, 4.69) is 5.32 Å². The van der Waals surface area contributed by atoms with Gasteiger partial charge in [-0.15, -0.1) is 0 Å². The van der Waals surface area contributed by atoms with Gasteiger partial charge in [0.25, 0.3) is 11.8 Å². The maximum atomic E-state index is 13.1. The number of anilines is 1. The summed E-state index contributed by atoms with van der Waals surface area (Å²) >= 11 is 0. The fourth-order valence-electron chi connectivity index (χ4n) is 4.08. The van der Waals surface area contributed by atoms with Crippen LogP contribution in [0.3, 0.4) is 0 Å². The van der Waals surface area contributed by atoms with Crippen LogP contribution in [-0.2, 0) is 9.47 Å². The molecule has 2 saturated heterocycles. The Morgan fingerprint density at radius 3 is 2.58 bits per heavy atom. The van der Waals surface area contributed by atoms with Gasteiger partial charge in [0.1, 0.15) is 23.6 Å². The van der Waals surface area contributed by atoms with Crippen LogP contribution in [0.15, 0.2) is 52.9 Å². The third-order valence-electron chi connectivity index (χ3n) is 5.90. The quantitative estimate of drug-likeness (QED) is 0.616. The number of fused-ring (bicyclic) bond motifs is 1. The maximum Gasteiger partial charge on any atom is 0.291 e. The van der Waals surface area contributed by atoms with Crippen LogP contribution in [0.2, 0.25) is 0 Å². The second kappa shape index (κ2) is 9.64. The van der Waals surface area contributed by atoms with Crippen LogP contribution in [0, 0.1) is 0 Å². The standard InChI is InChI=1S/C25H26N2O6/c28-24(17-7-9-18(10-8-17)32-16-19-4-3-13-31-19)26-22-20-5-1-2-6-21(20)33-23(22)25(29)27-11-14-30-15-12-27/h1-2,5-10,19H,3-4,11-16H2,(H,26,28). The SMILES string of the molecule is O=C(Nc1c(C(=O)N2CCOCC2)oc2ccccc12)c1ccc(OCC2CCCO2)cc1. The number of benzene rings is 2. The zero-order chi connectivity index (χ0) is 22.6. The number of carbonyl (C=O) groups is 2. The summed E-state index contributed by atoms with van der Waals surface area (Å²) in [6, 6.07) is 14.2. The van der Waals surface area contributed by atoms with E-state index in [1.54, 1.807) is 35.2 Å². The van der Waals surface area contributed by atoms with E-state index < -0.39 is 0 Å². The van der Waals surface area contributed by atoms with Gasteiger partial charge in [-0.1, -0.05) is 12.1 Å². The highest BCUT2D eigenvalue weighted by Crippen LogP contribution is 2.32. The van der Waals surface area contributed by atoms with Crippen LogP contribution in [0.1, 0.15) is 33.8 Å². The van der Waals surface area contributed by atoms with Gasteiger partial charge in [-0.05, 0) is 49.2 Å². The van der Waals surface area contributed by atoms with Gasteiger partial charge in [0.15, 0.2) is 0 Å². The van der Waals surface area contributed by atoms with Gasteiger partial charge in [-0.3, -0.25) is 9.59 Å². The summed E-state index contributed by atoms with van der Waals surface area (Å²) in [5.74, 6) is 0.216. The second-order valence-corrected chi connectivity index (χ2v) is 8.13. The topological polar surface area (TPSA) is 90.2 Å². The number of nitrogens with one attached hydrogen (secondary N) is 1. The van der Waals surface area contributed by atoms with E-state index >= 15 is 0 Å². The van der Waals surface area contributed by atoms with Crippen LogP contribution >= 0.6 is 0 Å². The molecule has 1 unspecified atom stereocenters. The minimum atomic E-state index is -0.330. The minimum absolute atomic E-state index is 0.128. The highest BCUT2D eigenvalue weighted by molar-refractivity contribution is 6.14. The summed E-state index contributed by atoms with van der Waals surface area (Å²) in [7, 11) is 0. The van der Waals surface area contributed by atoms with E-state index in [1.165, 1.54) is 0 Å². The van der Waals surface area contributed by atoms with Crippen molar-refractivity contribution in [1.82, 2.24) is 4.90 Å². The van der Waals surface area contributed by atoms with Gasteiger partial charge in [-0.2, -0.15) is 0 Å². The van der Waals surface area contributed by atoms with Crippen molar-refractivity contribution >= 4 is 28.5 Å². The molecule has 2 aliphatic rings. The van der Waals surface area contributed by atoms with Crippen molar-refractivity contribution in [2.45, 2.75) is 18.9 Å². The minimum Gasteiger partial charge on any atom is -0.491 e. The average molecular weight is 450 g/mol. The predicted molar refractivity (Wildman–Crippen MR) is 122 cm³/mol. The van der Waals surface area contributed by atoms with E-state index in [-0.39, 0.29) is 23.7 Å². The van der Waals surface area contributed by atoms with Gasteiger partial charge >= 0.3 is 0 Å². The molecule has 3 aromatic rings. The molecule has 8 nitrogen and oxygen atoms in total. The highest BCUT2D eigenvalue weighted by atomic mass is 16.5. The summed E-state index contributed by atoms with van der Waals surface area (Å²) in [5, 5.41) is 3.57. The second-order valence-electron chi connectivity index (χ2n) is 8.13. The molecule has 3 heterocycles. The molecule has 0 radical (unpaired) electrons. The Balaban J connectivity index is 1.33. The number of carbonyl (C=O) groups excluding carboxylic acids is 2. The average Bonchev–Trinajstić information content (AvgIpc) is 3.51. The van der Waals surface area contributed by atoms with Crippen LogP contribution in [-0.4, -0.2) is 62.3 Å². The molecule has 2 amide bonds. The first-order valence-electron chi connectivity index (χ1n) is 11.2. The first kappa shape index (κ1) is 21.5. The van der Waals surface area contributed by atoms with Gasteiger partial charge in [-0.25, -0.2) is 0 Å². The molecule has 1 N–H and O–H groups in total. The van der Waals surface area contributed by atoms with Gasteiger partial charge in [0.2, 0.25) is 5.76 Å². The number of morpholine rings is 1. The van der Waals surface area contributed by atoms with E-state index in [1.807, 2.05) is 18.2 Å². The first-order valence-corrected chi connectivity index (χ1v) is 11.2. The number of hydrogen-bond donors (Lipinski definition) is 1. The maximum absolute atomic E-state index is 13.1. The smallest absolute Gasteiger partial charge is 0.291 e. The Hall–Kier alpha value is -3.36. The summed E-state index contributed by atoms with van der Waals surface area (Å²) in [4.78, 5) is 27.8. The highest BCUT2D eigenvalue weighted by Gasteiger charge is 2.27. The van der Waals surface area contributed by atoms with E-state index in [0.29, 0.717) is 60.9 Å². The summed E-state index contributed by atoms with van der Waals surface area (Å²) < 4.78 is 22.6. The number of rotatable bonds is 6. The lowest BCUT2D eigenvalue weighted by Gasteiger charge is -2.26. The Morgan fingerprint density at radius 1 is 1.03 bits per heavy atom. The van der Waals surface area contributed by atoms with Crippen LogP contribution in [0.4, 0.5) is 5.69 Å². The van der Waals surface area contributed by atoms with Gasteiger partial charge in [0, 0.05) is 30.6 Å². The zero-order valence-corrected chi connectivity index (χ0v) is 18.2. The van der Waals surface area contributed by atoms with Gasteiger partial charge < -0.3 is 28.8 Å². The van der Waals surface area contributed by atoms with Crippen LogP contribution < -0.4 is 10.1 Å². The molecule has 2 fully saturated rings. The lowest BCUT2D eigenvalue weighted by molar-refractivity contribution is 0.0285. The molecule has 5 rings (SSSR count). The lowest BCUT2D eigenvalue weighted by Crippen LogP contribution is -2.40. The molecule has 172 valence electrons. The Morgan fingerprint density at radius 2 is 1.82 bits per heavy atom. The summed E-state index contributed by atoms with van der Waals surface area (Å²) in [6.07, 6.45) is 2.20. The third-order valence-corrected chi connectivity index (χ3v) is 5.90. The molecule has 1 aromatic heterocycles. The van der Waals surface area contributed by atoms with Crippen molar-refractivity contribution < 1.29 is 28.2 Å². The number of para-hydroxylation sites is 1. The number of furan rings is 1. The van der Waals surface area contributed by atoms with E-state index in [9.17, 15) is 9.59 Å². The number of hydrogen-bond acceptors (Lipinski definition) is 6. The van der Waals surface area contributed by atoms with Crippen molar-refractivity contribution in [1.29, 1.82) is 0 Å². The van der Waals surface area contributed by atoms with Crippen molar-refractivity contribution in [3.63, 3.8) is 0 Å². The largest absolute Gasteiger partial charge is 0.491 e. The Bertz CT molecular complexity index is 1130. The lowest BCUT2D eigenvalue weighted by atomic mass is 10.1. The molecule has 0 saturated carbocycles. The van der Waals surface area contributed by atoms with Crippen molar-refractivity contribution in [2.75, 3.05) is 44.8 Å². The molecular weight excluding hydrogens is 424 g/mol. The number of amides is 2. The molecule has 0 bridgehead atoms. The first-order chi connectivity index (χ1) is 16.2. The molecule has 0 aliphatic carbocycles. The summed E-state index contributed by atoms with van der Waals surface area (Å²) in [5.41, 5.74) is 1.38. The van der Waals surface area contributed by atoms with Gasteiger partial charge in [0.05, 0.1) is 19.3 Å². The van der Waals surface area contributed by atoms with Crippen LogP contribution in [0.25, 0.3) is 11.0 Å². The predicted octanol–water partition coefficient (Wildman–Crippen LogP) is 3.72. The molecular formula is C25H26N2O6. The number of ether oxygens (including phenoxy) is 3. The molecule has 2 aromatic carbocycles. The molecule has 1 atom stereocenters. The normalized spacial score (nSPS) is 18.4. The fraction of sp³-hybridized carbons (Fsp3) is 0.360. The molecule has 33 heavy (non-hydrogen) atoms. The van der Waals surface area contributed by atoms with E-state index in [0.717, 1.165) is 19.4 Å². The van der Waals surface area contributed by atoms with E-state index in [4.69, 9.17) is 18.6 Å². The zero-order valence-electron chi connectivity index (χ0n) is 18.2. The third kappa shape index (κ3) is 4.72. The van der Waals surface area contributed by atoms with Crippen molar-refractivity contribution in [3.8, 4) is 5.75 Å². The van der Waals surface area contributed by atoms with Crippen molar-refractivity contribution in [3.05, 3.63) is 59.9 Å². The molecule has 8 heteroatoms. The molecule has 0 spiro atoms. The van der Waals surface area contributed by atoms with Crippen LogP contribution in [0.5, 0.6) is 5.75 Å².